The second-order valence-electron chi connectivity index (χ2n) is 7.39. The van der Waals surface area contributed by atoms with E-state index in [-0.39, 0.29) is 0 Å². The van der Waals surface area contributed by atoms with E-state index in [0.29, 0.717) is 12.1 Å². The molecule has 0 unspecified atom stereocenters. The van der Waals surface area contributed by atoms with Crippen molar-refractivity contribution >= 4 is 5.96 Å². The molecule has 3 rings (SSSR count). The van der Waals surface area contributed by atoms with E-state index in [4.69, 9.17) is 0 Å². The van der Waals surface area contributed by atoms with E-state index in [0.717, 1.165) is 49.7 Å². The van der Waals surface area contributed by atoms with Crippen LogP contribution in [0.2, 0.25) is 0 Å². The van der Waals surface area contributed by atoms with Crippen LogP contribution in [0, 0.1) is 0 Å². The van der Waals surface area contributed by atoms with Crippen LogP contribution in [0.15, 0.2) is 53.7 Å². The molecule has 1 aromatic carbocycles. The van der Waals surface area contributed by atoms with Crippen molar-refractivity contribution in [2.75, 3.05) is 20.1 Å². The highest BCUT2D eigenvalue weighted by molar-refractivity contribution is 5.80. The minimum absolute atomic E-state index is 0.492. The van der Waals surface area contributed by atoms with Crippen molar-refractivity contribution in [1.82, 2.24) is 20.5 Å². The van der Waals surface area contributed by atoms with Crippen molar-refractivity contribution in [3.63, 3.8) is 0 Å². The summed E-state index contributed by atoms with van der Waals surface area (Å²) in [6.07, 6.45) is 4.15. The van der Waals surface area contributed by atoms with E-state index in [9.17, 15) is 0 Å². The molecule has 5 nitrogen and oxygen atoms in total. The number of likely N-dealkylation sites (tertiary alicyclic amines) is 1. The van der Waals surface area contributed by atoms with Gasteiger partial charge in [-0.3, -0.25) is 9.98 Å². The second kappa shape index (κ2) is 9.51. The van der Waals surface area contributed by atoms with Gasteiger partial charge in [0, 0.05) is 50.5 Å². The van der Waals surface area contributed by atoms with Crippen molar-refractivity contribution in [3.8, 4) is 11.3 Å². The number of nitrogens with zero attached hydrogens (tertiary/aromatic N) is 3. The van der Waals surface area contributed by atoms with Gasteiger partial charge >= 0.3 is 0 Å². The summed E-state index contributed by atoms with van der Waals surface area (Å²) in [7, 11) is 1.84. The average Bonchev–Trinajstić information content (AvgIpc) is 2.72. The topological polar surface area (TPSA) is 52.6 Å². The third kappa shape index (κ3) is 5.54. The monoisotopic (exact) mass is 365 g/mol. The Morgan fingerprint density at radius 3 is 2.67 bits per heavy atom. The molecule has 144 valence electrons. The lowest BCUT2D eigenvalue weighted by molar-refractivity contribution is 0.167. The molecule has 2 aromatic rings. The lowest BCUT2D eigenvalue weighted by Gasteiger charge is -2.35. The highest BCUT2D eigenvalue weighted by Crippen LogP contribution is 2.17. The standard InChI is InChI=1S/C22H31N5/c1-17(2)27-13-10-20(11-14-27)26-22(23-3)25-16-18-7-6-8-19(15-18)21-9-4-5-12-24-21/h4-9,12,15,17,20H,10-11,13-14,16H2,1-3H3,(H2,23,25,26). The number of piperidine rings is 1. The fourth-order valence-electron chi connectivity index (χ4n) is 3.51. The Balaban J connectivity index is 1.53. The molecule has 27 heavy (non-hydrogen) atoms. The van der Waals surface area contributed by atoms with E-state index >= 15 is 0 Å². The van der Waals surface area contributed by atoms with E-state index < -0.39 is 0 Å². The first-order valence-corrected chi connectivity index (χ1v) is 9.87. The lowest BCUT2D eigenvalue weighted by atomic mass is 10.0. The minimum Gasteiger partial charge on any atom is -0.354 e. The molecule has 0 saturated carbocycles. The van der Waals surface area contributed by atoms with Gasteiger partial charge in [0.1, 0.15) is 0 Å². The van der Waals surface area contributed by atoms with Gasteiger partial charge in [0.25, 0.3) is 0 Å². The van der Waals surface area contributed by atoms with Crippen LogP contribution in [-0.2, 0) is 6.54 Å². The first-order chi connectivity index (χ1) is 13.2. The third-order valence-corrected chi connectivity index (χ3v) is 5.17. The van der Waals surface area contributed by atoms with Crippen LogP contribution < -0.4 is 10.6 Å². The number of nitrogens with one attached hydrogen (secondary N) is 2. The summed E-state index contributed by atoms with van der Waals surface area (Å²) in [5.41, 5.74) is 3.36. The smallest absolute Gasteiger partial charge is 0.191 e. The summed E-state index contributed by atoms with van der Waals surface area (Å²) in [5.74, 6) is 0.876. The first-order valence-electron chi connectivity index (χ1n) is 9.87. The summed E-state index contributed by atoms with van der Waals surface area (Å²) in [6, 6.07) is 15.6. The first kappa shape index (κ1) is 19.4. The summed E-state index contributed by atoms with van der Waals surface area (Å²) in [6.45, 7) is 7.59. The molecule has 0 spiro atoms. The molecule has 0 aliphatic carbocycles. The molecule has 0 amide bonds. The molecule has 0 radical (unpaired) electrons. The third-order valence-electron chi connectivity index (χ3n) is 5.17. The fraction of sp³-hybridized carbons (Fsp3) is 0.455. The van der Waals surface area contributed by atoms with E-state index in [2.05, 4.69) is 63.6 Å². The molecule has 1 saturated heterocycles. The maximum atomic E-state index is 4.44. The Labute approximate surface area is 162 Å². The fourth-order valence-corrected chi connectivity index (χ4v) is 3.51. The number of rotatable bonds is 5. The quantitative estimate of drug-likeness (QED) is 0.631. The molecule has 0 atom stereocenters. The summed E-state index contributed by atoms with van der Waals surface area (Å²) < 4.78 is 0. The van der Waals surface area contributed by atoms with Gasteiger partial charge in [-0.1, -0.05) is 24.3 Å². The molecule has 1 fully saturated rings. The predicted molar refractivity (Wildman–Crippen MR) is 113 cm³/mol. The number of guanidine groups is 1. The number of benzene rings is 1. The molecule has 5 heteroatoms. The van der Waals surface area contributed by atoms with Crippen molar-refractivity contribution in [3.05, 3.63) is 54.2 Å². The summed E-state index contributed by atoms with van der Waals surface area (Å²) >= 11 is 0. The van der Waals surface area contributed by atoms with Crippen molar-refractivity contribution in [2.45, 2.75) is 45.3 Å². The number of pyridine rings is 1. The van der Waals surface area contributed by atoms with Gasteiger partial charge in [-0.2, -0.15) is 0 Å². The van der Waals surface area contributed by atoms with Crippen molar-refractivity contribution in [1.29, 1.82) is 0 Å². The maximum absolute atomic E-state index is 4.44. The van der Waals surface area contributed by atoms with Crippen molar-refractivity contribution < 1.29 is 0 Å². The highest BCUT2D eigenvalue weighted by atomic mass is 15.2. The molecule has 2 heterocycles. The second-order valence-corrected chi connectivity index (χ2v) is 7.39. The van der Waals surface area contributed by atoms with E-state index in [1.165, 1.54) is 5.56 Å². The Hall–Kier alpha value is -2.40. The molecule has 0 bridgehead atoms. The van der Waals surface area contributed by atoms with Gasteiger partial charge in [-0.05, 0) is 50.5 Å². The Morgan fingerprint density at radius 2 is 2.00 bits per heavy atom. The van der Waals surface area contributed by atoms with Gasteiger partial charge in [-0.15, -0.1) is 0 Å². The minimum atomic E-state index is 0.492. The number of hydrogen-bond acceptors (Lipinski definition) is 3. The number of hydrogen-bond donors (Lipinski definition) is 2. The Kier molecular flexibility index (Phi) is 6.82. The Morgan fingerprint density at radius 1 is 1.19 bits per heavy atom. The predicted octanol–water partition coefficient (Wildman–Crippen LogP) is 3.29. The summed E-state index contributed by atoms with van der Waals surface area (Å²) in [4.78, 5) is 11.4. The largest absolute Gasteiger partial charge is 0.354 e. The number of aliphatic imine (C=N–C) groups is 1. The van der Waals surface area contributed by atoms with Gasteiger partial charge < -0.3 is 15.5 Å². The highest BCUT2D eigenvalue weighted by Gasteiger charge is 2.21. The van der Waals surface area contributed by atoms with Gasteiger partial charge in [0.15, 0.2) is 5.96 Å². The van der Waals surface area contributed by atoms with E-state index in [1.807, 2.05) is 31.4 Å². The van der Waals surface area contributed by atoms with E-state index in [1.54, 1.807) is 0 Å². The van der Waals surface area contributed by atoms with Crippen LogP contribution in [-0.4, -0.2) is 48.1 Å². The van der Waals surface area contributed by atoms with Crippen LogP contribution in [0.5, 0.6) is 0 Å². The molecular weight excluding hydrogens is 334 g/mol. The maximum Gasteiger partial charge on any atom is 0.191 e. The van der Waals surface area contributed by atoms with Gasteiger partial charge in [0.2, 0.25) is 0 Å². The van der Waals surface area contributed by atoms with Crippen LogP contribution in [0.3, 0.4) is 0 Å². The number of aromatic nitrogens is 1. The average molecular weight is 366 g/mol. The summed E-state index contributed by atoms with van der Waals surface area (Å²) in [5, 5.41) is 7.03. The molecule has 2 N–H and O–H groups in total. The van der Waals surface area contributed by atoms with Crippen LogP contribution in [0.25, 0.3) is 11.3 Å². The van der Waals surface area contributed by atoms with Gasteiger partial charge in [-0.25, -0.2) is 0 Å². The van der Waals surface area contributed by atoms with Crippen LogP contribution in [0.4, 0.5) is 0 Å². The van der Waals surface area contributed by atoms with Crippen LogP contribution in [0.1, 0.15) is 32.3 Å². The molecular formula is C22H31N5. The molecule has 1 aliphatic rings. The molecule has 1 aromatic heterocycles. The normalized spacial score (nSPS) is 16.5. The zero-order valence-corrected chi connectivity index (χ0v) is 16.7. The SMILES string of the molecule is CN=C(NCc1cccc(-c2ccccn2)c1)NC1CCN(C(C)C)CC1. The molecule has 1 aliphatic heterocycles. The van der Waals surface area contributed by atoms with Crippen LogP contribution >= 0.6 is 0 Å². The van der Waals surface area contributed by atoms with Crippen molar-refractivity contribution in [2.24, 2.45) is 4.99 Å². The zero-order chi connectivity index (χ0) is 19.1. The zero-order valence-electron chi connectivity index (χ0n) is 16.7. The Bertz CT molecular complexity index is 733. The lowest BCUT2D eigenvalue weighted by Crippen LogP contribution is -2.49. The van der Waals surface area contributed by atoms with Gasteiger partial charge in [0.05, 0.1) is 5.69 Å².